The molecule has 0 aromatic carbocycles. The molecule has 12 heavy (non-hydrogen) atoms. The monoisotopic (exact) mass is 168 g/mol. The molecular weight excluding hydrogens is 152 g/mol. The predicted octanol–water partition coefficient (Wildman–Crippen LogP) is 0.374. The maximum absolute atomic E-state index is 5.28. The second-order valence-corrected chi connectivity index (χ2v) is 4.27. The van der Waals surface area contributed by atoms with Gasteiger partial charge in [-0.15, -0.1) is 0 Å². The van der Waals surface area contributed by atoms with Gasteiger partial charge in [-0.05, 0) is 19.4 Å². The maximum Gasteiger partial charge on any atom is 0.0739 e. The molecule has 3 aliphatic rings. The molecule has 3 heterocycles. The van der Waals surface area contributed by atoms with Crippen LogP contribution in [0.2, 0.25) is 0 Å². The number of nitrogens with one attached hydrogen (secondary N) is 1. The molecule has 0 bridgehead atoms. The molecule has 3 fully saturated rings. The largest absolute Gasteiger partial charge is 0.301 e. The first kappa shape index (κ1) is 7.30. The van der Waals surface area contributed by atoms with E-state index in [1.807, 2.05) is 0 Å². The quantitative estimate of drug-likeness (QED) is 0.565. The van der Waals surface area contributed by atoms with Gasteiger partial charge in [-0.3, -0.25) is 4.90 Å². The third kappa shape index (κ3) is 0.934. The van der Waals surface area contributed by atoms with Crippen molar-refractivity contribution in [3.8, 4) is 0 Å². The second kappa shape index (κ2) is 2.69. The average Bonchev–Trinajstić information content (AvgIpc) is 2.62. The molecule has 3 aliphatic heterocycles. The highest BCUT2D eigenvalue weighted by atomic mass is 16.7. The maximum atomic E-state index is 5.28. The minimum atomic E-state index is 0.644. The fourth-order valence-corrected chi connectivity index (χ4v) is 2.96. The summed E-state index contributed by atoms with van der Waals surface area (Å²) >= 11 is 0. The molecule has 0 saturated carbocycles. The van der Waals surface area contributed by atoms with E-state index >= 15 is 0 Å². The van der Waals surface area contributed by atoms with Crippen molar-refractivity contribution in [3.05, 3.63) is 0 Å². The van der Waals surface area contributed by atoms with Gasteiger partial charge in [0.25, 0.3) is 0 Å². The Bertz CT molecular complexity index is 185. The van der Waals surface area contributed by atoms with Crippen LogP contribution in [-0.2, 0) is 4.84 Å². The van der Waals surface area contributed by atoms with Crippen LogP contribution in [0.25, 0.3) is 0 Å². The summed E-state index contributed by atoms with van der Waals surface area (Å²) < 4.78 is 0. The summed E-state index contributed by atoms with van der Waals surface area (Å²) in [5.41, 5.74) is 3.18. The highest BCUT2D eigenvalue weighted by Crippen LogP contribution is 2.33. The van der Waals surface area contributed by atoms with Gasteiger partial charge >= 0.3 is 0 Å². The van der Waals surface area contributed by atoms with Crippen molar-refractivity contribution in [1.82, 2.24) is 10.4 Å². The van der Waals surface area contributed by atoms with Gasteiger partial charge in [0.2, 0.25) is 0 Å². The van der Waals surface area contributed by atoms with E-state index in [4.69, 9.17) is 4.84 Å². The Kier molecular flexibility index (Phi) is 1.63. The smallest absolute Gasteiger partial charge is 0.0739 e. The molecule has 0 amide bonds. The first-order chi connectivity index (χ1) is 5.95. The van der Waals surface area contributed by atoms with Crippen LogP contribution in [0.15, 0.2) is 0 Å². The minimum Gasteiger partial charge on any atom is -0.301 e. The fourth-order valence-electron chi connectivity index (χ4n) is 2.96. The van der Waals surface area contributed by atoms with Gasteiger partial charge in [-0.2, -0.15) is 5.48 Å². The second-order valence-electron chi connectivity index (χ2n) is 4.27. The van der Waals surface area contributed by atoms with Gasteiger partial charge in [-0.25, -0.2) is 0 Å². The van der Waals surface area contributed by atoms with E-state index in [0.29, 0.717) is 6.04 Å². The molecule has 3 saturated heterocycles. The van der Waals surface area contributed by atoms with E-state index in [-0.39, 0.29) is 0 Å². The third-order valence-corrected chi connectivity index (χ3v) is 3.57. The lowest BCUT2D eigenvalue weighted by Gasteiger charge is -2.31. The highest BCUT2D eigenvalue weighted by Gasteiger charge is 2.45. The van der Waals surface area contributed by atoms with Crippen LogP contribution < -0.4 is 5.48 Å². The lowest BCUT2D eigenvalue weighted by atomic mass is 9.96. The van der Waals surface area contributed by atoms with Crippen molar-refractivity contribution in [2.45, 2.75) is 31.3 Å². The Morgan fingerprint density at radius 2 is 2.33 bits per heavy atom. The molecule has 0 unspecified atom stereocenters. The van der Waals surface area contributed by atoms with Gasteiger partial charge in [0, 0.05) is 18.5 Å². The number of piperidine rings is 1. The molecule has 0 aliphatic carbocycles. The van der Waals surface area contributed by atoms with Gasteiger partial charge in [0.15, 0.2) is 0 Å². The molecule has 3 atom stereocenters. The van der Waals surface area contributed by atoms with E-state index < -0.39 is 0 Å². The lowest BCUT2D eigenvalue weighted by Crippen LogP contribution is -2.43. The summed E-state index contributed by atoms with van der Waals surface area (Å²) in [4.78, 5) is 7.93. The number of rotatable bonds is 0. The van der Waals surface area contributed by atoms with E-state index in [9.17, 15) is 0 Å². The SMILES string of the molecule is C1CCN2C[C@@H]3CON[C@@H]3[C@H]2C1. The van der Waals surface area contributed by atoms with Crippen LogP contribution in [0.4, 0.5) is 0 Å². The standard InChI is InChI=1S/C9H16N2O/c1-2-4-11-5-7-6-12-10-9(7)8(11)3-1/h7-10H,1-6H2/t7-,8-,9+/m1/s1. The van der Waals surface area contributed by atoms with Gasteiger partial charge in [-0.1, -0.05) is 6.42 Å². The minimum absolute atomic E-state index is 0.644. The molecule has 3 rings (SSSR count). The normalized spacial score (nSPS) is 47.5. The Morgan fingerprint density at radius 3 is 3.33 bits per heavy atom. The average molecular weight is 168 g/mol. The van der Waals surface area contributed by atoms with E-state index in [0.717, 1.165) is 18.6 Å². The van der Waals surface area contributed by atoms with Crippen LogP contribution in [0, 0.1) is 5.92 Å². The van der Waals surface area contributed by atoms with Gasteiger partial charge in [0.05, 0.1) is 12.6 Å². The third-order valence-electron chi connectivity index (χ3n) is 3.57. The van der Waals surface area contributed by atoms with Crippen molar-refractivity contribution in [2.75, 3.05) is 19.7 Å². The summed E-state index contributed by atoms with van der Waals surface area (Å²) in [6.07, 6.45) is 4.18. The highest BCUT2D eigenvalue weighted by molar-refractivity contribution is 4.99. The van der Waals surface area contributed by atoms with Crippen molar-refractivity contribution < 1.29 is 4.84 Å². The zero-order chi connectivity index (χ0) is 7.97. The van der Waals surface area contributed by atoms with Gasteiger partial charge < -0.3 is 4.84 Å². The van der Waals surface area contributed by atoms with Crippen LogP contribution in [0.3, 0.4) is 0 Å². The summed E-state index contributed by atoms with van der Waals surface area (Å²) in [5.74, 6) is 0.771. The van der Waals surface area contributed by atoms with Crippen LogP contribution in [0.5, 0.6) is 0 Å². The molecule has 1 N–H and O–H groups in total. The zero-order valence-electron chi connectivity index (χ0n) is 7.33. The Labute approximate surface area is 73.0 Å². The summed E-state index contributed by atoms with van der Waals surface area (Å²) in [6, 6.07) is 1.43. The van der Waals surface area contributed by atoms with Gasteiger partial charge in [0.1, 0.15) is 0 Å². The van der Waals surface area contributed by atoms with Crippen molar-refractivity contribution >= 4 is 0 Å². The number of hydrogen-bond donors (Lipinski definition) is 1. The number of hydroxylamine groups is 1. The van der Waals surface area contributed by atoms with E-state index in [2.05, 4.69) is 10.4 Å². The van der Waals surface area contributed by atoms with Crippen LogP contribution >= 0.6 is 0 Å². The number of hydrogen-bond acceptors (Lipinski definition) is 3. The lowest BCUT2D eigenvalue weighted by molar-refractivity contribution is 0.0493. The van der Waals surface area contributed by atoms with E-state index in [1.54, 1.807) is 0 Å². The molecular formula is C9H16N2O. The molecule has 0 aromatic rings. The topological polar surface area (TPSA) is 24.5 Å². The van der Waals surface area contributed by atoms with Crippen molar-refractivity contribution in [2.24, 2.45) is 5.92 Å². The Hall–Kier alpha value is -0.120. The van der Waals surface area contributed by atoms with Crippen molar-refractivity contribution in [3.63, 3.8) is 0 Å². The molecule has 3 heteroatoms. The van der Waals surface area contributed by atoms with Crippen LogP contribution in [-0.4, -0.2) is 36.7 Å². The summed E-state index contributed by atoms with van der Waals surface area (Å²) in [7, 11) is 0. The Morgan fingerprint density at radius 1 is 1.33 bits per heavy atom. The molecule has 0 radical (unpaired) electrons. The molecule has 68 valence electrons. The molecule has 3 nitrogen and oxygen atoms in total. The number of nitrogens with zero attached hydrogens (tertiary/aromatic N) is 1. The first-order valence-corrected chi connectivity index (χ1v) is 5.06. The van der Waals surface area contributed by atoms with E-state index in [1.165, 1.54) is 32.4 Å². The predicted molar refractivity (Wildman–Crippen MR) is 45.6 cm³/mol. The van der Waals surface area contributed by atoms with Crippen molar-refractivity contribution in [1.29, 1.82) is 0 Å². The zero-order valence-corrected chi connectivity index (χ0v) is 7.33. The summed E-state index contributed by atoms with van der Waals surface area (Å²) in [5, 5.41) is 0. The number of fused-ring (bicyclic) bond motifs is 3. The Balaban J connectivity index is 1.79. The first-order valence-electron chi connectivity index (χ1n) is 5.06. The molecule has 0 spiro atoms. The summed E-state index contributed by atoms with van der Waals surface area (Å²) in [6.45, 7) is 3.51. The fraction of sp³-hybridized carbons (Fsp3) is 1.00. The van der Waals surface area contributed by atoms with Crippen LogP contribution in [0.1, 0.15) is 19.3 Å². The molecule has 0 aromatic heterocycles.